The van der Waals surface area contributed by atoms with Crippen molar-refractivity contribution in [2.45, 2.75) is 114 Å². The third-order valence-electron chi connectivity index (χ3n) is 8.75. The van der Waals surface area contributed by atoms with E-state index in [9.17, 15) is 10.2 Å². The number of rotatable bonds is 11. The first-order valence-corrected chi connectivity index (χ1v) is 15.7. The van der Waals surface area contributed by atoms with Gasteiger partial charge in [-0.1, -0.05) is 146 Å². The van der Waals surface area contributed by atoms with Crippen molar-refractivity contribution in [3.8, 4) is 0 Å². The zero-order valence-electron chi connectivity index (χ0n) is 28.2. The third kappa shape index (κ3) is 11.9. The second kappa shape index (κ2) is 16.2. The molecule has 3 atom stereocenters. The van der Waals surface area contributed by atoms with Crippen molar-refractivity contribution in [2.24, 2.45) is 16.7 Å². The summed E-state index contributed by atoms with van der Waals surface area (Å²) in [5, 5.41) is 20.2. The monoisotopic (exact) mass is 570 g/mol. The van der Waals surface area contributed by atoms with Gasteiger partial charge in [0.05, 0.1) is 12.2 Å². The maximum absolute atomic E-state index is 10.1. The summed E-state index contributed by atoms with van der Waals surface area (Å²) in [5.74, 6) is 0.351. The summed E-state index contributed by atoms with van der Waals surface area (Å²) in [6.45, 7) is 21.9. The molecule has 2 heteroatoms. The second-order valence-corrected chi connectivity index (χ2v) is 14.1. The van der Waals surface area contributed by atoms with E-state index in [4.69, 9.17) is 0 Å². The SMILES string of the molecule is CC1=C[C@H](O)CC(C)(C)[C@H]1/C=C/C(C)=C/C=C/C(C)=C/C=C/C=C(C)/C=C/C=C(\C)CCC1=C(C)C[C@H](O)CC1(C)C. The Hall–Kier alpha value is -2.68. The van der Waals surface area contributed by atoms with Gasteiger partial charge in [0, 0.05) is 5.92 Å². The predicted molar refractivity (Wildman–Crippen MR) is 184 cm³/mol. The predicted octanol–water partition coefficient (Wildman–Crippen LogP) is 10.6. The summed E-state index contributed by atoms with van der Waals surface area (Å²) >= 11 is 0. The highest BCUT2D eigenvalue weighted by molar-refractivity contribution is 5.32. The Labute approximate surface area is 258 Å². The number of hydrogen-bond acceptors (Lipinski definition) is 2. The lowest BCUT2D eigenvalue weighted by atomic mass is 9.67. The van der Waals surface area contributed by atoms with Crippen molar-refractivity contribution in [3.05, 3.63) is 118 Å². The van der Waals surface area contributed by atoms with E-state index in [-0.39, 0.29) is 23.0 Å². The van der Waals surface area contributed by atoms with Gasteiger partial charge < -0.3 is 10.2 Å². The normalized spacial score (nSPS) is 26.4. The molecule has 0 saturated carbocycles. The first-order chi connectivity index (χ1) is 19.6. The zero-order valence-corrected chi connectivity index (χ0v) is 28.2. The molecule has 42 heavy (non-hydrogen) atoms. The Balaban J connectivity index is 1.85. The van der Waals surface area contributed by atoms with Gasteiger partial charge in [0.2, 0.25) is 0 Å². The van der Waals surface area contributed by atoms with Crippen LogP contribution in [-0.2, 0) is 0 Å². The van der Waals surface area contributed by atoms with Gasteiger partial charge in [0.1, 0.15) is 0 Å². The van der Waals surface area contributed by atoms with Crippen molar-refractivity contribution in [2.75, 3.05) is 0 Å². The van der Waals surface area contributed by atoms with Gasteiger partial charge >= 0.3 is 0 Å². The Kier molecular flexibility index (Phi) is 13.7. The molecule has 0 bridgehead atoms. The fourth-order valence-corrected chi connectivity index (χ4v) is 6.50. The lowest BCUT2D eigenvalue weighted by Gasteiger charge is -2.38. The van der Waals surface area contributed by atoms with Crippen LogP contribution in [0.4, 0.5) is 0 Å². The van der Waals surface area contributed by atoms with Crippen LogP contribution in [0.5, 0.6) is 0 Å². The van der Waals surface area contributed by atoms with Crippen molar-refractivity contribution < 1.29 is 10.2 Å². The van der Waals surface area contributed by atoms with Gasteiger partial charge in [-0.2, -0.15) is 0 Å². The van der Waals surface area contributed by atoms with Crippen LogP contribution in [0.3, 0.4) is 0 Å². The Morgan fingerprint density at radius 2 is 1.33 bits per heavy atom. The smallest absolute Gasteiger partial charge is 0.0729 e. The number of aliphatic hydroxyl groups excluding tert-OH is 2. The molecule has 0 saturated heterocycles. The van der Waals surface area contributed by atoms with Gasteiger partial charge in [-0.3, -0.25) is 0 Å². The van der Waals surface area contributed by atoms with Crippen LogP contribution in [0.25, 0.3) is 0 Å². The lowest BCUT2D eigenvalue weighted by molar-refractivity contribution is 0.113. The van der Waals surface area contributed by atoms with Crippen LogP contribution in [0.2, 0.25) is 0 Å². The van der Waals surface area contributed by atoms with Gasteiger partial charge in [0.15, 0.2) is 0 Å². The van der Waals surface area contributed by atoms with Crippen LogP contribution in [-0.4, -0.2) is 22.4 Å². The maximum atomic E-state index is 10.1. The van der Waals surface area contributed by atoms with E-state index >= 15 is 0 Å². The summed E-state index contributed by atoms with van der Waals surface area (Å²) in [7, 11) is 0. The van der Waals surface area contributed by atoms with Crippen LogP contribution in [0, 0.1) is 16.7 Å². The standard InChI is InChI=1S/C40H58O2/c1-29(17-13-19-31(3)21-23-37-33(5)25-35(41)27-39(37,7)8)15-11-12-16-30(2)18-14-20-32(4)22-24-38-34(6)26-36(42)28-40(38,9)10/h11-21,23,25,35-37,41-42H,22,24,26-28H2,1-10H3/b12-11+,17-13+,18-14+,23-21+,29-15+,30-16+,31-19+,32-20+/t35-,36-,37-/m0/s1. The summed E-state index contributed by atoms with van der Waals surface area (Å²) in [4.78, 5) is 0. The second-order valence-electron chi connectivity index (χ2n) is 14.1. The molecular weight excluding hydrogens is 512 g/mol. The molecule has 0 unspecified atom stereocenters. The molecule has 2 N–H and O–H groups in total. The van der Waals surface area contributed by atoms with E-state index in [2.05, 4.69) is 142 Å². The van der Waals surface area contributed by atoms with Gasteiger partial charge in [-0.15, -0.1) is 0 Å². The van der Waals surface area contributed by atoms with Crippen molar-refractivity contribution >= 4 is 0 Å². The van der Waals surface area contributed by atoms with Crippen molar-refractivity contribution in [1.82, 2.24) is 0 Å². The van der Waals surface area contributed by atoms with Crippen molar-refractivity contribution in [1.29, 1.82) is 0 Å². The molecule has 0 aromatic rings. The molecule has 2 rings (SSSR count). The van der Waals surface area contributed by atoms with Crippen LogP contribution < -0.4 is 0 Å². The van der Waals surface area contributed by atoms with Crippen LogP contribution in [0.1, 0.15) is 101 Å². The van der Waals surface area contributed by atoms with Crippen LogP contribution in [0.15, 0.2) is 118 Å². The molecule has 2 aliphatic carbocycles. The third-order valence-corrected chi connectivity index (χ3v) is 8.75. The van der Waals surface area contributed by atoms with E-state index < -0.39 is 0 Å². The number of hydrogen-bond donors (Lipinski definition) is 2. The van der Waals surface area contributed by atoms with E-state index in [0.717, 1.165) is 32.1 Å². The Morgan fingerprint density at radius 1 is 0.786 bits per heavy atom. The lowest BCUT2D eigenvalue weighted by Crippen LogP contribution is -2.32. The van der Waals surface area contributed by atoms with Crippen molar-refractivity contribution in [3.63, 3.8) is 0 Å². The van der Waals surface area contributed by atoms with E-state index in [1.807, 2.05) is 6.08 Å². The number of allylic oxidation sites excluding steroid dienone is 18. The summed E-state index contributed by atoms with van der Waals surface area (Å²) in [6.07, 6.45) is 31.9. The zero-order chi connectivity index (χ0) is 31.5. The molecule has 0 fully saturated rings. The molecule has 0 aromatic carbocycles. The molecule has 0 amide bonds. The highest BCUT2D eigenvalue weighted by Gasteiger charge is 2.34. The first kappa shape index (κ1) is 35.5. The van der Waals surface area contributed by atoms with Gasteiger partial charge in [0.25, 0.3) is 0 Å². The topological polar surface area (TPSA) is 40.5 Å². The van der Waals surface area contributed by atoms with E-state index in [0.29, 0.717) is 5.92 Å². The van der Waals surface area contributed by atoms with Crippen LogP contribution >= 0.6 is 0 Å². The molecule has 2 aliphatic rings. The minimum atomic E-state index is -0.329. The minimum Gasteiger partial charge on any atom is -0.393 e. The largest absolute Gasteiger partial charge is 0.393 e. The highest BCUT2D eigenvalue weighted by Crippen LogP contribution is 2.43. The van der Waals surface area contributed by atoms with E-state index in [1.165, 1.54) is 39.0 Å². The molecule has 0 radical (unpaired) electrons. The average molecular weight is 571 g/mol. The summed E-state index contributed by atoms with van der Waals surface area (Å²) in [6, 6.07) is 0. The molecule has 0 spiro atoms. The minimum absolute atomic E-state index is 0.0602. The van der Waals surface area contributed by atoms with Gasteiger partial charge in [-0.05, 0) is 84.5 Å². The maximum Gasteiger partial charge on any atom is 0.0729 e. The van der Waals surface area contributed by atoms with Gasteiger partial charge in [-0.25, -0.2) is 0 Å². The number of aliphatic hydroxyl groups is 2. The molecule has 230 valence electrons. The fraction of sp³-hybridized carbons (Fsp3) is 0.500. The summed E-state index contributed by atoms with van der Waals surface area (Å²) in [5.41, 5.74) is 9.31. The average Bonchev–Trinajstić information content (AvgIpc) is 2.84. The molecular formula is C40H58O2. The molecule has 2 nitrogen and oxygen atoms in total. The first-order valence-electron chi connectivity index (χ1n) is 15.7. The Bertz CT molecular complexity index is 1230. The summed E-state index contributed by atoms with van der Waals surface area (Å²) < 4.78 is 0. The van der Waals surface area contributed by atoms with E-state index in [1.54, 1.807) is 0 Å². The molecule has 0 aliphatic heterocycles. The molecule has 0 aromatic heterocycles. The molecule has 0 heterocycles. The highest BCUT2D eigenvalue weighted by atomic mass is 16.3. The fourth-order valence-electron chi connectivity index (χ4n) is 6.50. The Morgan fingerprint density at radius 3 is 1.90 bits per heavy atom. The quantitative estimate of drug-likeness (QED) is 0.192.